The summed E-state index contributed by atoms with van der Waals surface area (Å²) in [6.07, 6.45) is -4.46. The van der Waals surface area contributed by atoms with Crippen molar-refractivity contribution in [2.75, 3.05) is 5.75 Å². The first kappa shape index (κ1) is 23.4. The molecule has 0 fully saturated rings. The van der Waals surface area contributed by atoms with Crippen LogP contribution < -0.4 is 0 Å². The summed E-state index contributed by atoms with van der Waals surface area (Å²) >= 11 is 3.35. The Morgan fingerprint density at radius 3 is 2.42 bits per heavy atom. The fourth-order valence-corrected chi connectivity index (χ4v) is 5.01. The molecule has 0 radical (unpaired) electrons. The molecular weight excluding hydrogens is 537 g/mol. The van der Waals surface area contributed by atoms with Gasteiger partial charge in [0.1, 0.15) is 21.8 Å². The monoisotopic (exact) mass is 549 g/mol. The summed E-state index contributed by atoms with van der Waals surface area (Å²) in [5.41, 5.74) is -2.16. The Morgan fingerprint density at radius 1 is 1.09 bits per heavy atom. The lowest BCUT2D eigenvalue weighted by Crippen LogP contribution is -2.34. The standard InChI is InChI=1S/C19H13BrF5N5O2S/c1-3-33(31,32)15-9-5-4-6-11(20)10(9)8-26-14(15)17-27-12-7-13(18(21,22)19(23,24)25)28-29-16(12)30(17)2/h4-8H,3H2,1-2H3. The van der Waals surface area contributed by atoms with Crippen LogP contribution in [0.1, 0.15) is 12.6 Å². The number of pyridine rings is 1. The van der Waals surface area contributed by atoms with E-state index in [0.717, 1.165) is 0 Å². The van der Waals surface area contributed by atoms with Crippen LogP contribution in [-0.2, 0) is 22.8 Å². The Balaban J connectivity index is 2.03. The number of fused-ring (bicyclic) bond motifs is 2. The fraction of sp³-hybridized carbons (Fsp3) is 0.263. The molecule has 0 aliphatic rings. The van der Waals surface area contributed by atoms with Gasteiger partial charge in [-0.1, -0.05) is 35.0 Å². The number of alkyl halides is 5. The van der Waals surface area contributed by atoms with Gasteiger partial charge in [0.15, 0.2) is 21.3 Å². The van der Waals surface area contributed by atoms with Crippen molar-refractivity contribution in [3.63, 3.8) is 0 Å². The lowest BCUT2D eigenvalue weighted by Gasteiger charge is -2.17. The van der Waals surface area contributed by atoms with Crippen molar-refractivity contribution in [2.24, 2.45) is 7.05 Å². The maximum atomic E-state index is 13.7. The van der Waals surface area contributed by atoms with Gasteiger partial charge in [0.05, 0.1) is 5.75 Å². The van der Waals surface area contributed by atoms with Gasteiger partial charge in [-0.25, -0.2) is 13.4 Å². The number of sulfone groups is 1. The minimum Gasteiger partial charge on any atom is -0.309 e. The molecule has 14 heteroatoms. The van der Waals surface area contributed by atoms with Crippen LogP contribution in [0.15, 0.2) is 39.8 Å². The van der Waals surface area contributed by atoms with E-state index in [0.29, 0.717) is 21.3 Å². The molecule has 3 aromatic heterocycles. The lowest BCUT2D eigenvalue weighted by molar-refractivity contribution is -0.291. The average molecular weight is 550 g/mol. The highest BCUT2D eigenvalue weighted by Crippen LogP contribution is 2.43. The molecule has 0 bridgehead atoms. The van der Waals surface area contributed by atoms with E-state index in [1.165, 1.54) is 24.7 Å². The summed E-state index contributed by atoms with van der Waals surface area (Å²) in [6.45, 7) is 1.45. The van der Waals surface area contributed by atoms with Crippen molar-refractivity contribution in [1.82, 2.24) is 24.7 Å². The van der Waals surface area contributed by atoms with E-state index < -0.39 is 27.6 Å². The Bertz CT molecular complexity index is 1520. The van der Waals surface area contributed by atoms with Crippen molar-refractivity contribution in [3.05, 3.63) is 40.6 Å². The molecule has 1 aromatic carbocycles. The lowest BCUT2D eigenvalue weighted by atomic mass is 10.1. The van der Waals surface area contributed by atoms with Gasteiger partial charge in [-0.05, 0) is 12.1 Å². The highest BCUT2D eigenvalue weighted by Gasteiger charge is 2.60. The average Bonchev–Trinajstić information content (AvgIpc) is 3.08. The molecule has 4 aromatic rings. The third kappa shape index (κ3) is 3.64. The van der Waals surface area contributed by atoms with E-state index in [9.17, 15) is 30.4 Å². The number of halogens is 6. The van der Waals surface area contributed by atoms with Crippen LogP contribution in [0.25, 0.3) is 33.5 Å². The fourth-order valence-electron chi connectivity index (χ4n) is 3.30. The van der Waals surface area contributed by atoms with Crippen molar-refractivity contribution < 1.29 is 30.4 Å². The van der Waals surface area contributed by atoms with Gasteiger partial charge in [-0.15, -0.1) is 10.2 Å². The first-order valence-corrected chi connectivity index (χ1v) is 11.7. The molecule has 0 amide bonds. The van der Waals surface area contributed by atoms with Crippen LogP contribution >= 0.6 is 15.9 Å². The van der Waals surface area contributed by atoms with Crippen LogP contribution in [0, 0.1) is 0 Å². The molecule has 174 valence electrons. The molecule has 7 nitrogen and oxygen atoms in total. The smallest absolute Gasteiger partial charge is 0.309 e. The number of nitrogens with zero attached hydrogens (tertiary/aromatic N) is 5. The Kier molecular flexibility index (Phi) is 5.43. The van der Waals surface area contributed by atoms with Crippen molar-refractivity contribution in [1.29, 1.82) is 0 Å². The van der Waals surface area contributed by atoms with Crippen LogP contribution in [0.5, 0.6) is 0 Å². The number of hydrogen-bond acceptors (Lipinski definition) is 6. The highest BCUT2D eigenvalue weighted by atomic mass is 79.9. The van der Waals surface area contributed by atoms with E-state index in [-0.39, 0.29) is 33.3 Å². The molecule has 0 saturated heterocycles. The molecule has 0 aliphatic carbocycles. The third-order valence-corrected chi connectivity index (χ3v) is 7.52. The third-order valence-electron chi connectivity index (χ3n) is 5.03. The van der Waals surface area contributed by atoms with Crippen molar-refractivity contribution in [2.45, 2.75) is 23.9 Å². The number of aryl methyl sites for hydroxylation is 1. The van der Waals surface area contributed by atoms with Gasteiger partial charge < -0.3 is 4.57 Å². The first-order chi connectivity index (χ1) is 15.3. The first-order valence-electron chi connectivity index (χ1n) is 9.25. The van der Waals surface area contributed by atoms with E-state index in [2.05, 4.69) is 36.1 Å². The van der Waals surface area contributed by atoms with Crippen molar-refractivity contribution >= 4 is 47.7 Å². The zero-order valence-electron chi connectivity index (χ0n) is 16.8. The van der Waals surface area contributed by atoms with Crippen LogP contribution in [0.4, 0.5) is 22.0 Å². The molecular formula is C19H13BrF5N5O2S. The van der Waals surface area contributed by atoms with E-state index in [1.54, 1.807) is 18.2 Å². The predicted octanol–water partition coefficient (Wildman–Crippen LogP) is 4.79. The number of hydrogen-bond donors (Lipinski definition) is 0. The van der Waals surface area contributed by atoms with Crippen LogP contribution in [0.3, 0.4) is 0 Å². The Hall–Kier alpha value is -2.74. The molecule has 33 heavy (non-hydrogen) atoms. The molecule has 0 atom stereocenters. The van der Waals surface area contributed by atoms with Gasteiger partial charge in [0.2, 0.25) is 0 Å². The second-order valence-corrected chi connectivity index (χ2v) is 10.1. The maximum absolute atomic E-state index is 13.7. The minimum absolute atomic E-state index is 0.0827. The second kappa shape index (κ2) is 7.65. The van der Waals surface area contributed by atoms with E-state index in [1.807, 2.05) is 0 Å². The summed E-state index contributed by atoms with van der Waals surface area (Å²) in [4.78, 5) is 8.20. The van der Waals surface area contributed by atoms with Crippen LogP contribution in [-0.4, -0.2) is 45.1 Å². The number of imidazole rings is 1. The van der Waals surface area contributed by atoms with E-state index in [4.69, 9.17) is 0 Å². The summed E-state index contributed by atoms with van der Waals surface area (Å²) in [7, 11) is -2.47. The van der Waals surface area contributed by atoms with Crippen molar-refractivity contribution in [3.8, 4) is 11.5 Å². The van der Waals surface area contributed by atoms with Gasteiger partial charge in [-0.2, -0.15) is 22.0 Å². The molecule has 0 aliphatic heterocycles. The zero-order chi connectivity index (χ0) is 24.3. The quantitative estimate of drug-likeness (QED) is 0.340. The topological polar surface area (TPSA) is 90.6 Å². The maximum Gasteiger partial charge on any atom is 0.459 e. The normalized spacial score (nSPS) is 13.2. The van der Waals surface area contributed by atoms with Gasteiger partial charge in [0, 0.05) is 28.5 Å². The molecule has 0 spiro atoms. The van der Waals surface area contributed by atoms with Gasteiger partial charge >= 0.3 is 12.1 Å². The number of benzene rings is 1. The largest absolute Gasteiger partial charge is 0.459 e. The zero-order valence-corrected chi connectivity index (χ0v) is 19.2. The highest BCUT2D eigenvalue weighted by molar-refractivity contribution is 9.10. The SMILES string of the molecule is CCS(=O)(=O)c1c(-c2nc3cc(C(F)(F)C(F)(F)F)nnc3n2C)ncc2c(Br)cccc12. The summed E-state index contributed by atoms with van der Waals surface area (Å²) in [5, 5.41) is 7.38. The number of aromatic nitrogens is 5. The molecule has 0 saturated carbocycles. The second-order valence-electron chi connectivity index (χ2n) is 7.05. The Labute approximate surface area is 191 Å². The number of rotatable bonds is 4. The van der Waals surface area contributed by atoms with Crippen LogP contribution in [0.2, 0.25) is 0 Å². The molecule has 0 N–H and O–H groups in total. The molecule has 0 unspecified atom stereocenters. The van der Waals surface area contributed by atoms with Gasteiger partial charge in [0.25, 0.3) is 0 Å². The minimum atomic E-state index is -5.87. The van der Waals surface area contributed by atoms with Gasteiger partial charge in [-0.3, -0.25) is 4.98 Å². The summed E-state index contributed by atoms with van der Waals surface area (Å²) in [6, 6.07) is 5.40. The molecule has 3 heterocycles. The summed E-state index contributed by atoms with van der Waals surface area (Å²) < 4.78 is 93.6. The summed E-state index contributed by atoms with van der Waals surface area (Å²) in [5.74, 6) is -5.59. The molecule has 4 rings (SSSR count). The predicted molar refractivity (Wildman–Crippen MR) is 112 cm³/mol. The van der Waals surface area contributed by atoms with E-state index >= 15 is 0 Å². The Morgan fingerprint density at radius 2 is 1.79 bits per heavy atom.